The largest absolute Gasteiger partial charge is 0.458 e. The second-order valence-corrected chi connectivity index (χ2v) is 10.7. The Morgan fingerprint density at radius 3 is 2.64 bits per heavy atom. The van der Waals surface area contributed by atoms with Crippen LogP contribution >= 0.6 is 11.6 Å². The molecule has 8 nitrogen and oxygen atoms in total. The Hall–Kier alpha value is -1.55. The second kappa shape index (κ2) is 7.70. The van der Waals surface area contributed by atoms with Crippen molar-refractivity contribution < 1.29 is 18.7 Å². The SMILES string of the molecule is CC(=O)O[C@@H]1C[C@@H](C(C)(C)O[Si]C(C)(C)C)O[C@H]1n1cnc2c(Cl)ncnc21. The van der Waals surface area contributed by atoms with Crippen LogP contribution in [0.2, 0.25) is 10.2 Å². The molecular formula is C18H25ClN4O4Si. The van der Waals surface area contributed by atoms with Gasteiger partial charge in [0, 0.05) is 13.3 Å². The minimum Gasteiger partial charge on any atom is -0.458 e. The van der Waals surface area contributed by atoms with Crippen LogP contribution in [0.15, 0.2) is 12.7 Å². The van der Waals surface area contributed by atoms with Crippen LogP contribution in [0, 0.1) is 0 Å². The Morgan fingerprint density at radius 1 is 1.29 bits per heavy atom. The van der Waals surface area contributed by atoms with E-state index in [1.807, 2.05) is 13.8 Å². The minimum absolute atomic E-state index is 0.0543. The van der Waals surface area contributed by atoms with Gasteiger partial charge in [-0.15, -0.1) is 0 Å². The number of hydrogen-bond donors (Lipinski definition) is 0. The number of nitrogens with zero attached hydrogens (tertiary/aromatic N) is 4. The molecule has 0 bridgehead atoms. The van der Waals surface area contributed by atoms with E-state index in [2.05, 4.69) is 35.7 Å². The van der Waals surface area contributed by atoms with Crippen LogP contribution in [-0.2, 0) is 18.7 Å². The second-order valence-electron chi connectivity index (χ2n) is 8.44. The molecule has 28 heavy (non-hydrogen) atoms. The molecule has 3 atom stereocenters. The van der Waals surface area contributed by atoms with Crippen molar-refractivity contribution in [3.05, 3.63) is 17.8 Å². The molecule has 152 valence electrons. The van der Waals surface area contributed by atoms with Gasteiger partial charge in [-0.2, -0.15) is 0 Å². The van der Waals surface area contributed by atoms with Crippen LogP contribution < -0.4 is 0 Å². The van der Waals surface area contributed by atoms with Gasteiger partial charge in [0.25, 0.3) is 0 Å². The van der Waals surface area contributed by atoms with Crippen molar-refractivity contribution in [2.45, 2.75) is 77.0 Å². The summed E-state index contributed by atoms with van der Waals surface area (Å²) in [6.45, 7) is 11.8. The van der Waals surface area contributed by atoms with Gasteiger partial charge < -0.3 is 13.9 Å². The van der Waals surface area contributed by atoms with Crippen LogP contribution in [0.3, 0.4) is 0 Å². The van der Waals surface area contributed by atoms with E-state index in [0.717, 1.165) is 0 Å². The van der Waals surface area contributed by atoms with E-state index < -0.39 is 17.9 Å². The molecule has 2 radical (unpaired) electrons. The highest BCUT2D eigenvalue weighted by Gasteiger charge is 2.46. The van der Waals surface area contributed by atoms with Crippen molar-refractivity contribution >= 4 is 38.5 Å². The number of hydrogen-bond acceptors (Lipinski definition) is 7. The molecule has 1 saturated heterocycles. The Kier molecular flexibility index (Phi) is 5.82. The van der Waals surface area contributed by atoms with Crippen LogP contribution in [-0.4, -0.2) is 53.1 Å². The molecule has 1 aliphatic rings. The predicted octanol–water partition coefficient (Wildman–Crippen LogP) is 3.33. The molecule has 0 saturated carbocycles. The van der Waals surface area contributed by atoms with E-state index in [1.54, 1.807) is 10.9 Å². The highest BCUT2D eigenvalue weighted by Crippen LogP contribution is 2.39. The average molecular weight is 425 g/mol. The molecular weight excluding hydrogens is 400 g/mol. The topological polar surface area (TPSA) is 88.4 Å². The number of esters is 1. The molecule has 2 aromatic rings. The molecule has 0 N–H and O–H groups in total. The van der Waals surface area contributed by atoms with Crippen LogP contribution in [0.25, 0.3) is 11.2 Å². The first kappa shape index (κ1) is 21.2. The average Bonchev–Trinajstić information content (AvgIpc) is 3.17. The highest BCUT2D eigenvalue weighted by molar-refractivity contribution is 6.33. The lowest BCUT2D eigenvalue weighted by atomic mass is 9.98. The molecule has 0 aliphatic carbocycles. The fourth-order valence-corrected chi connectivity index (χ4v) is 3.89. The normalized spacial score (nSPS) is 23.3. The zero-order valence-electron chi connectivity index (χ0n) is 16.9. The van der Waals surface area contributed by atoms with Gasteiger partial charge in [-0.25, -0.2) is 15.0 Å². The van der Waals surface area contributed by atoms with Crippen molar-refractivity contribution in [2.75, 3.05) is 0 Å². The summed E-state index contributed by atoms with van der Waals surface area (Å²) < 4.78 is 19.8. The molecule has 2 aromatic heterocycles. The van der Waals surface area contributed by atoms with Gasteiger partial charge in [0.2, 0.25) is 9.76 Å². The van der Waals surface area contributed by atoms with Crippen molar-refractivity contribution in [1.29, 1.82) is 0 Å². The summed E-state index contributed by atoms with van der Waals surface area (Å²) in [6.07, 6.45) is 2.11. The summed E-state index contributed by atoms with van der Waals surface area (Å²) >= 11 is 6.11. The highest BCUT2D eigenvalue weighted by atomic mass is 35.5. The van der Waals surface area contributed by atoms with E-state index in [0.29, 0.717) is 27.3 Å². The van der Waals surface area contributed by atoms with Crippen molar-refractivity contribution in [3.63, 3.8) is 0 Å². The smallest absolute Gasteiger partial charge is 0.303 e. The van der Waals surface area contributed by atoms with Gasteiger partial charge in [-0.3, -0.25) is 9.36 Å². The van der Waals surface area contributed by atoms with E-state index in [4.69, 9.17) is 25.5 Å². The Balaban J connectivity index is 1.89. The van der Waals surface area contributed by atoms with Crippen LogP contribution in [0.4, 0.5) is 0 Å². The monoisotopic (exact) mass is 424 g/mol. The summed E-state index contributed by atoms with van der Waals surface area (Å²) in [5.41, 5.74) is 0.447. The van der Waals surface area contributed by atoms with Gasteiger partial charge in [0.15, 0.2) is 17.0 Å². The van der Waals surface area contributed by atoms with Gasteiger partial charge >= 0.3 is 5.97 Å². The third-order valence-corrected chi connectivity index (χ3v) is 5.89. The maximum atomic E-state index is 11.7. The molecule has 1 fully saturated rings. The molecule has 10 heteroatoms. The molecule has 3 heterocycles. The Morgan fingerprint density at radius 2 is 2.00 bits per heavy atom. The number of imidazole rings is 1. The first-order valence-corrected chi connectivity index (χ1v) is 10.4. The minimum atomic E-state index is -0.578. The van der Waals surface area contributed by atoms with E-state index in [1.165, 1.54) is 13.3 Å². The standard InChI is InChI=1S/C18H25ClN4O4Si/c1-10(24)25-11-7-12(18(5,6)27-28-17(2,3)4)26-16(11)23-9-22-13-14(19)20-8-21-15(13)23/h8-9,11-12,16H,7H2,1-6H3/t11-,12+,16-/m1/s1. The molecule has 1 aliphatic heterocycles. The van der Waals surface area contributed by atoms with E-state index in [9.17, 15) is 4.79 Å². The quantitative estimate of drug-likeness (QED) is 0.413. The maximum Gasteiger partial charge on any atom is 0.303 e. The van der Waals surface area contributed by atoms with Crippen LogP contribution in [0.5, 0.6) is 0 Å². The first-order chi connectivity index (χ1) is 13.0. The van der Waals surface area contributed by atoms with E-state index in [-0.39, 0.29) is 22.3 Å². The number of ether oxygens (including phenoxy) is 2. The summed E-state index contributed by atoms with van der Waals surface area (Å²) in [5.74, 6) is -0.369. The third-order valence-electron chi connectivity index (χ3n) is 4.37. The summed E-state index contributed by atoms with van der Waals surface area (Å²) in [5, 5.41) is 0.316. The number of rotatable bonds is 5. The third kappa shape index (κ3) is 4.53. The Bertz CT molecular complexity index is 867. The van der Waals surface area contributed by atoms with Crippen molar-refractivity contribution in [1.82, 2.24) is 19.5 Å². The number of fused-ring (bicyclic) bond motifs is 1. The zero-order valence-corrected chi connectivity index (χ0v) is 18.6. The molecule has 3 rings (SSSR count). The molecule has 0 amide bonds. The fraction of sp³-hybridized carbons (Fsp3) is 0.667. The summed E-state index contributed by atoms with van der Waals surface area (Å²) in [6, 6.07) is 0. The van der Waals surface area contributed by atoms with Crippen molar-refractivity contribution in [3.8, 4) is 0 Å². The number of carbonyl (C=O) groups is 1. The number of aromatic nitrogens is 4. The molecule has 0 aromatic carbocycles. The number of halogens is 1. The van der Waals surface area contributed by atoms with Crippen molar-refractivity contribution in [2.24, 2.45) is 0 Å². The van der Waals surface area contributed by atoms with Gasteiger partial charge in [0.1, 0.15) is 17.9 Å². The first-order valence-electron chi connectivity index (χ1n) is 9.09. The summed E-state index contributed by atoms with van der Waals surface area (Å²) in [7, 11) is 0.310. The molecule has 0 spiro atoms. The van der Waals surface area contributed by atoms with Gasteiger partial charge in [0.05, 0.1) is 18.0 Å². The lowest BCUT2D eigenvalue weighted by Gasteiger charge is -2.33. The lowest BCUT2D eigenvalue weighted by Crippen LogP contribution is -2.41. The maximum absolute atomic E-state index is 11.7. The fourth-order valence-electron chi connectivity index (χ4n) is 3.01. The zero-order chi connectivity index (χ0) is 20.7. The number of carbonyl (C=O) groups excluding carboxylic acids is 1. The van der Waals surface area contributed by atoms with E-state index >= 15 is 0 Å². The lowest BCUT2D eigenvalue weighted by molar-refractivity contribution is -0.153. The van der Waals surface area contributed by atoms with Gasteiger partial charge in [-0.1, -0.05) is 32.4 Å². The summed E-state index contributed by atoms with van der Waals surface area (Å²) in [4.78, 5) is 24.2. The predicted molar refractivity (Wildman–Crippen MR) is 105 cm³/mol. The van der Waals surface area contributed by atoms with Crippen LogP contribution in [0.1, 0.15) is 54.2 Å². The Labute approximate surface area is 171 Å². The van der Waals surface area contributed by atoms with Gasteiger partial charge in [-0.05, 0) is 18.9 Å². The molecule has 0 unspecified atom stereocenters.